The Bertz CT molecular complexity index is 757. The monoisotopic (exact) mass is 362 g/mol. The number of alkyl halides is 5. The maximum absolute atomic E-state index is 13.0. The average molecular weight is 362 g/mol. The summed E-state index contributed by atoms with van der Waals surface area (Å²) in [5, 5.41) is 0. The molecule has 0 spiro atoms. The molecule has 0 amide bonds. The van der Waals surface area contributed by atoms with Crippen molar-refractivity contribution in [3.63, 3.8) is 0 Å². The standard InChI is InChI=1S/C17H15F5O3/c1-9-6-11(16(18)19)7-14(10(9)2)24-13-5-4-12(8-15(13)23-3)25-17(20,21)22/h4-8,16H,1-3H3. The number of aryl methyl sites for hydroxylation is 1. The van der Waals surface area contributed by atoms with Crippen molar-refractivity contribution in [1.82, 2.24) is 0 Å². The molecule has 0 bridgehead atoms. The van der Waals surface area contributed by atoms with Crippen LogP contribution in [0.15, 0.2) is 30.3 Å². The van der Waals surface area contributed by atoms with Crippen molar-refractivity contribution in [2.45, 2.75) is 26.6 Å². The number of halogens is 5. The summed E-state index contributed by atoms with van der Waals surface area (Å²) in [5.74, 6) is -0.267. The van der Waals surface area contributed by atoms with Crippen molar-refractivity contribution < 1.29 is 36.2 Å². The van der Waals surface area contributed by atoms with Crippen molar-refractivity contribution in [3.8, 4) is 23.0 Å². The highest BCUT2D eigenvalue weighted by Gasteiger charge is 2.31. The highest BCUT2D eigenvalue weighted by atomic mass is 19.4. The maximum atomic E-state index is 13.0. The molecule has 2 aromatic rings. The fourth-order valence-corrected chi connectivity index (χ4v) is 2.13. The zero-order chi connectivity index (χ0) is 18.8. The zero-order valence-electron chi connectivity index (χ0n) is 13.6. The molecule has 3 nitrogen and oxygen atoms in total. The van der Waals surface area contributed by atoms with E-state index in [4.69, 9.17) is 9.47 Å². The van der Waals surface area contributed by atoms with Crippen molar-refractivity contribution in [3.05, 3.63) is 47.0 Å². The highest BCUT2D eigenvalue weighted by Crippen LogP contribution is 2.38. The third kappa shape index (κ3) is 4.74. The second-order valence-electron chi connectivity index (χ2n) is 5.22. The lowest BCUT2D eigenvalue weighted by Crippen LogP contribution is -2.17. The van der Waals surface area contributed by atoms with E-state index >= 15 is 0 Å². The first-order chi connectivity index (χ1) is 11.6. The largest absolute Gasteiger partial charge is 0.573 e. The van der Waals surface area contributed by atoms with Gasteiger partial charge in [0.15, 0.2) is 11.5 Å². The number of benzene rings is 2. The Labute approximate surface area is 140 Å². The van der Waals surface area contributed by atoms with Gasteiger partial charge in [0, 0.05) is 11.6 Å². The highest BCUT2D eigenvalue weighted by molar-refractivity contribution is 5.50. The van der Waals surface area contributed by atoms with E-state index in [9.17, 15) is 22.0 Å². The Morgan fingerprint density at radius 1 is 0.920 bits per heavy atom. The lowest BCUT2D eigenvalue weighted by Gasteiger charge is -2.16. The first-order valence-electron chi connectivity index (χ1n) is 7.11. The van der Waals surface area contributed by atoms with Gasteiger partial charge in [-0.15, -0.1) is 13.2 Å². The van der Waals surface area contributed by atoms with E-state index in [-0.39, 0.29) is 22.8 Å². The normalized spacial score (nSPS) is 11.6. The van der Waals surface area contributed by atoms with Gasteiger partial charge in [0.2, 0.25) is 0 Å². The molecule has 8 heteroatoms. The molecule has 136 valence electrons. The predicted octanol–water partition coefficient (Wildman–Crippen LogP) is 5.94. The van der Waals surface area contributed by atoms with E-state index in [0.717, 1.165) is 12.1 Å². The Morgan fingerprint density at radius 2 is 1.60 bits per heavy atom. The van der Waals surface area contributed by atoms with Crippen LogP contribution in [0, 0.1) is 13.8 Å². The molecule has 25 heavy (non-hydrogen) atoms. The van der Waals surface area contributed by atoms with Crippen LogP contribution in [0.4, 0.5) is 22.0 Å². The first kappa shape index (κ1) is 18.8. The number of hydrogen-bond donors (Lipinski definition) is 0. The molecule has 2 aromatic carbocycles. The summed E-state index contributed by atoms with van der Waals surface area (Å²) in [6, 6.07) is 5.80. The van der Waals surface area contributed by atoms with Gasteiger partial charge in [-0.3, -0.25) is 0 Å². The summed E-state index contributed by atoms with van der Waals surface area (Å²) >= 11 is 0. The van der Waals surface area contributed by atoms with E-state index < -0.39 is 18.5 Å². The average Bonchev–Trinajstić information content (AvgIpc) is 2.51. The van der Waals surface area contributed by atoms with Gasteiger partial charge in [0.1, 0.15) is 11.5 Å². The fourth-order valence-electron chi connectivity index (χ4n) is 2.13. The van der Waals surface area contributed by atoms with Crippen LogP contribution in [0.25, 0.3) is 0 Å². The molecule has 0 aromatic heterocycles. The van der Waals surface area contributed by atoms with Crippen molar-refractivity contribution in [2.75, 3.05) is 7.11 Å². The molecule has 0 fully saturated rings. The molecular weight excluding hydrogens is 347 g/mol. The van der Waals surface area contributed by atoms with Gasteiger partial charge in [-0.1, -0.05) is 0 Å². The molecule has 0 radical (unpaired) electrons. The SMILES string of the molecule is COc1cc(OC(F)(F)F)ccc1Oc1cc(C(F)F)cc(C)c1C. The zero-order valence-corrected chi connectivity index (χ0v) is 13.6. The number of methoxy groups -OCH3 is 1. The second-order valence-corrected chi connectivity index (χ2v) is 5.22. The van der Waals surface area contributed by atoms with E-state index in [2.05, 4.69) is 4.74 Å². The molecule has 0 heterocycles. The minimum atomic E-state index is -4.84. The molecule has 0 aliphatic rings. The Kier molecular flexibility index (Phi) is 5.39. The third-order valence-corrected chi connectivity index (χ3v) is 3.48. The number of ether oxygens (including phenoxy) is 3. The molecule has 0 aliphatic heterocycles. The van der Waals surface area contributed by atoms with Crippen LogP contribution >= 0.6 is 0 Å². The molecular formula is C17H15F5O3. The Balaban J connectivity index is 2.37. The van der Waals surface area contributed by atoms with Crippen LogP contribution in [0.2, 0.25) is 0 Å². The number of hydrogen-bond acceptors (Lipinski definition) is 3. The lowest BCUT2D eigenvalue weighted by molar-refractivity contribution is -0.274. The molecule has 0 atom stereocenters. The molecule has 2 rings (SSSR count). The van der Waals surface area contributed by atoms with Gasteiger partial charge in [-0.2, -0.15) is 0 Å². The molecule has 0 aliphatic carbocycles. The summed E-state index contributed by atoms with van der Waals surface area (Å²) < 4.78 is 77.1. The topological polar surface area (TPSA) is 27.7 Å². The Morgan fingerprint density at radius 3 is 2.16 bits per heavy atom. The van der Waals surface area contributed by atoms with E-state index in [1.54, 1.807) is 13.8 Å². The van der Waals surface area contributed by atoms with Gasteiger partial charge in [-0.05, 0) is 49.2 Å². The van der Waals surface area contributed by atoms with E-state index in [1.807, 2.05) is 0 Å². The minimum absolute atomic E-state index is 0.0266. The van der Waals surface area contributed by atoms with Crippen LogP contribution < -0.4 is 14.2 Å². The summed E-state index contributed by atoms with van der Waals surface area (Å²) in [5.41, 5.74) is 1.01. The van der Waals surface area contributed by atoms with Crippen LogP contribution in [0.3, 0.4) is 0 Å². The maximum Gasteiger partial charge on any atom is 0.573 e. The van der Waals surface area contributed by atoms with Gasteiger partial charge in [0.05, 0.1) is 7.11 Å². The van der Waals surface area contributed by atoms with Crippen molar-refractivity contribution in [1.29, 1.82) is 0 Å². The van der Waals surface area contributed by atoms with E-state index in [1.165, 1.54) is 25.3 Å². The molecule has 0 N–H and O–H groups in total. The van der Waals surface area contributed by atoms with Gasteiger partial charge < -0.3 is 14.2 Å². The molecule has 0 saturated heterocycles. The van der Waals surface area contributed by atoms with Crippen LogP contribution in [-0.2, 0) is 0 Å². The summed E-state index contributed by atoms with van der Waals surface area (Å²) in [6.45, 7) is 3.35. The second kappa shape index (κ2) is 7.16. The van der Waals surface area contributed by atoms with Crippen molar-refractivity contribution >= 4 is 0 Å². The van der Waals surface area contributed by atoms with Crippen LogP contribution in [-0.4, -0.2) is 13.5 Å². The van der Waals surface area contributed by atoms with Gasteiger partial charge in [-0.25, -0.2) is 8.78 Å². The molecule has 0 saturated carbocycles. The predicted molar refractivity (Wildman–Crippen MR) is 80.6 cm³/mol. The van der Waals surface area contributed by atoms with Crippen LogP contribution in [0.1, 0.15) is 23.1 Å². The van der Waals surface area contributed by atoms with Gasteiger partial charge >= 0.3 is 6.36 Å². The Hall–Kier alpha value is -2.51. The third-order valence-electron chi connectivity index (χ3n) is 3.48. The van der Waals surface area contributed by atoms with Crippen molar-refractivity contribution in [2.24, 2.45) is 0 Å². The number of rotatable bonds is 5. The van der Waals surface area contributed by atoms with Crippen LogP contribution in [0.5, 0.6) is 23.0 Å². The summed E-state index contributed by atoms with van der Waals surface area (Å²) in [7, 11) is 1.24. The summed E-state index contributed by atoms with van der Waals surface area (Å²) in [6.07, 6.45) is -7.52. The lowest BCUT2D eigenvalue weighted by atomic mass is 10.1. The smallest absolute Gasteiger partial charge is 0.493 e. The first-order valence-corrected chi connectivity index (χ1v) is 7.11. The fraction of sp³-hybridized carbons (Fsp3) is 0.294. The quantitative estimate of drug-likeness (QED) is 0.616. The minimum Gasteiger partial charge on any atom is -0.493 e. The van der Waals surface area contributed by atoms with E-state index in [0.29, 0.717) is 11.1 Å². The summed E-state index contributed by atoms with van der Waals surface area (Å²) in [4.78, 5) is 0. The molecule has 0 unspecified atom stereocenters. The van der Waals surface area contributed by atoms with Gasteiger partial charge in [0.25, 0.3) is 6.43 Å².